The highest BCUT2D eigenvalue weighted by atomic mass is 79.9. The Kier molecular flexibility index (Phi) is 2.88. The second-order valence-electron chi connectivity index (χ2n) is 4.17. The lowest BCUT2D eigenvalue weighted by Gasteiger charge is -2.20. The van der Waals surface area contributed by atoms with Gasteiger partial charge >= 0.3 is 0 Å². The molecule has 1 aromatic rings. The van der Waals surface area contributed by atoms with Crippen LogP contribution in [0.4, 0.5) is 0 Å². The van der Waals surface area contributed by atoms with Gasteiger partial charge in [0.15, 0.2) is 5.78 Å². The Hall–Kier alpha value is -1.32. The van der Waals surface area contributed by atoms with Gasteiger partial charge in [-0.2, -0.15) is 0 Å². The van der Waals surface area contributed by atoms with Crippen LogP contribution in [0.5, 0.6) is 0 Å². The Labute approximate surface area is 118 Å². The molecule has 4 heteroatoms. The van der Waals surface area contributed by atoms with Crippen molar-refractivity contribution in [1.82, 2.24) is 5.32 Å². The number of nitrogens with one attached hydrogen (secondary N) is 1. The van der Waals surface area contributed by atoms with E-state index in [0.717, 1.165) is 15.6 Å². The van der Waals surface area contributed by atoms with E-state index in [4.69, 9.17) is 11.6 Å². The van der Waals surface area contributed by atoms with Crippen molar-refractivity contribution in [2.75, 3.05) is 0 Å². The largest absolute Gasteiger partial charge is 0.377 e. The van der Waals surface area contributed by atoms with Gasteiger partial charge in [0.1, 0.15) is 6.04 Å². The van der Waals surface area contributed by atoms with Gasteiger partial charge in [-0.05, 0) is 47.7 Å². The summed E-state index contributed by atoms with van der Waals surface area (Å²) in [5.74, 6) is 0.0583. The second-order valence-corrected chi connectivity index (χ2v) is 5.46. The zero-order valence-corrected chi connectivity index (χ0v) is 11.6. The number of dihydropyridines is 1. The summed E-state index contributed by atoms with van der Waals surface area (Å²) in [6.45, 7) is 0. The van der Waals surface area contributed by atoms with Crippen molar-refractivity contribution in [3.63, 3.8) is 0 Å². The molecule has 1 aromatic carbocycles. The third kappa shape index (κ3) is 1.84. The van der Waals surface area contributed by atoms with Crippen LogP contribution in [0.25, 0.3) is 6.08 Å². The molecule has 0 amide bonds. The second kappa shape index (κ2) is 4.41. The van der Waals surface area contributed by atoms with Crippen molar-refractivity contribution in [2.45, 2.75) is 6.04 Å². The van der Waals surface area contributed by atoms with Gasteiger partial charge < -0.3 is 5.32 Å². The Morgan fingerprint density at radius 1 is 1.33 bits per heavy atom. The van der Waals surface area contributed by atoms with Gasteiger partial charge in [0.2, 0.25) is 0 Å². The molecule has 1 unspecified atom stereocenters. The van der Waals surface area contributed by atoms with E-state index in [1.165, 1.54) is 0 Å². The zero-order chi connectivity index (χ0) is 12.7. The van der Waals surface area contributed by atoms with Crippen LogP contribution in [0.15, 0.2) is 46.6 Å². The van der Waals surface area contributed by atoms with Crippen molar-refractivity contribution >= 4 is 39.4 Å². The van der Waals surface area contributed by atoms with E-state index in [1.807, 2.05) is 18.2 Å². The number of Topliss-reactive ketones (excluding diaryl/α,β-unsaturated/α-hetero) is 1. The fraction of sp³-hybridized carbons (Fsp3) is 0.0714. The molecule has 1 aliphatic carbocycles. The first-order valence-corrected chi connectivity index (χ1v) is 6.68. The van der Waals surface area contributed by atoms with Crippen LogP contribution in [0.2, 0.25) is 5.02 Å². The summed E-state index contributed by atoms with van der Waals surface area (Å²) in [6, 6.07) is 5.00. The summed E-state index contributed by atoms with van der Waals surface area (Å²) in [5, 5.41) is 3.72. The molecule has 1 aliphatic heterocycles. The average molecular weight is 323 g/mol. The molecule has 0 saturated carbocycles. The van der Waals surface area contributed by atoms with Crippen LogP contribution in [-0.4, -0.2) is 11.8 Å². The molecular formula is C14H9BrClNO. The van der Waals surface area contributed by atoms with E-state index < -0.39 is 0 Å². The van der Waals surface area contributed by atoms with Crippen molar-refractivity contribution in [2.24, 2.45) is 0 Å². The molecule has 2 aliphatic rings. The molecule has 1 N–H and O–H groups in total. The van der Waals surface area contributed by atoms with Crippen molar-refractivity contribution < 1.29 is 4.79 Å². The number of rotatable bonds is 0. The number of hydrogen-bond acceptors (Lipinski definition) is 2. The highest BCUT2D eigenvalue weighted by Gasteiger charge is 2.29. The molecule has 0 saturated heterocycles. The maximum atomic E-state index is 12.5. The number of carbonyl (C=O) groups is 1. The maximum Gasteiger partial charge on any atom is 0.190 e. The van der Waals surface area contributed by atoms with E-state index in [1.54, 1.807) is 24.4 Å². The normalized spacial score (nSPS) is 21.2. The van der Waals surface area contributed by atoms with Crippen LogP contribution < -0.4 is 5.32 Å². The summed E-state index contributed by atoms with van der Waals surface area (Å²) in [7, 11) is 0. The Balaban J connectivity index is 2.22. The van der Waals surface area contributed by atoms with Gasteiger partial charge in [0, 0.05) is 15.1 Å². The average Bonchev–Trinajstić information content (AvgIpc) is 2.47. The molecule has 0 bridgehead atoms. The van der Waals surface area contributed by atoms with Gasteiger partial charge in [-0.15, -0.1) is 0 Å². The third-order valence-electron chi connectivity index (χ3n) is 3.05. The summed E-state index contributed by atoms with van der Waals surface area (Å²) < 4.78 is 0.902. The van der Waals surface area contributed by atoms with E-state index >= 15 is 0 Å². The van der Waals surface area contributed by atoms with E-state index in [-0.39, 0.29) is 11.8 Å². The number of hydrogen-bond donors (Lipinski definition) is 1. The first kappa shape index (κ1) is 11.8. The van der Waals surface area contributed by atoms with Crippen LogP contribution >= 0.6 is 27.5 Å². The van der Waals surface area contributed by atoms with Crippen LogP contribution in [-0.2, 0) is 0 Å². The lowest BCUT2D eigenvalue weighted by atomic mass is 9.96. The standard InChI is InChI=1S/C14H9BrClNO/c15-12-7-8-6-9(16)3-4-10(8)14(18)13-11(12)2-1-5-17-13/h1-7,13,17H. The van der Waals surface area contributed by atoms with E-state index in [2.05, 4.69) is 21.2 Å². The molecule has 1 atom stereocenters. The smallest absolute Gasteiger partial charge is 0.190 e. The minimum atomic E-state index is -0.331. The first-order chi connectivity index (χ1) is 8.66. The zero-order valence-electron chi connectivity index (χ0n) is 9.28. The molecule has 0 radical (unpaired) electrons. The Morgan fingerprint density at radius 3 is 3.00 bits per heavy atom. The summed E-state index contributed by atoms with van der Waals surface area (Å²) in [6.07, 6.45) is 7.55. The Morgan fingerprint density at radius 2 is 2.17 bits per heavy atom. The number of benzene rings is 1. The van der Waals surface area contributed by atoms with Gasteiger partial charge in [0.05, 0.1) is 0 Å². The summed E-state index contributed by atoms with van der Waals surface area (Å²) in [5.41, 5.74) is 2.47. The molecule has 0 fully saturated rings. The lowest BCUT2D eigenvalue weighted by molar-refractivity contribution is 0.0965. The van der Waals surface area contributed by atoms with Gasteiger partial charge in [0.25, 0.3) is 0 Å². The predicted molar refractivity (Wildman–Crippen MR) is 76.8 cm³/mol. The first-order valence-electron chi connectivity index (χ1n) is 5.51. The molecule has 3 rings (SSSR count). The Bertz CT molecular complexity index is 631. The SMILES string of the molecule is O=C1c2ccc(Cl)cc2C=C(Br)C2=CC=CNC12. The van der Waals surface area contributed by atoms with Gasteiger partial charge in [-0.1, -0.05) is 33.6 Å². The number of fused-ring (bicyclic) bond motifs is 2. The monoisotopic (exact) mass is 321 g/mol. The molecule has 2 nitrogen and oxygen atoms in total. The molecular weight excluding hydrogens is 314 g/mol. The topological polar surface area (TPSA) is 29.1 Å². The molecule has 1 heterocycles. The minimum absolute atomic E-state index is 0.0583. The van der Waals surface area contributed by atoms with Crippen LogP contribution in [0, 0.1) is 0 Å². The molecule has 18 heavy (non-hydrogen) atoms. The molecule has 0 aromatic heterocycles. The highest BCUT2D eigenvalue weighted by Crippen LogP contribution is 2.33. The van der Waals surface area contributed by atoms with E-state index in [0.29, 0.717) is 10.6 Å². The maximum absolute atomic E-state index is 12.5. The number of ketones is 1. The fourth-order valence-electron chi connectivity index (χ4n) is 2.18. The van der Waals surface area contributed by atoms with Crippen LogP contribution in [0.3, 0.4) is 0 Å². The number of halogens is 2. The quantitative estimate of drug-likeness (QED) is 0.789. The van der Waals surface area contributed by atoms with Crippen molar-refractivity contribution in [3.05, 3.63) is 62.8 Å². The van der Waals surface area contributed by atoms with Gasteiger partial charge in [-0.3, -0.25) is 4.79 Å². The predicted octanol–water partition coefficient (Wildman–Crippen LogP) is 3.68. The van der Waals surface area contributed by atoms with Crippen molar-refractivity contribution in [3.8, 4) is 0 Å². The molecule has 0 spiro atoms. The lowest BCUT2D eigenvalue weighted by Crippen LogP contribution is -2.36. The minimum Gasteiger partial charge on any atom is -0.377 e. The summed E-state index contributed by atoms with van der Waals surface area (Å²) in [4.78, 5) is 12.5. The molecule has 90 valence electrons. The third-order valence-corrected chi connectivity index (χ3v) is 3.97. The van der Waals surface area contributed by atoms with Gasteiger partial charge in [-0.25, -0.2) is 0 Å². The van der Waals surface area contributed by atoms with E-state index in [9.17, 15) is 4.79 Å². The summed E-state index contributed by atoms with van der Waals surface area (Å²) >= 11 is 9.51. The number of allylic oxidation sites excluding steroid dienone is 2. The highest BCUT2D eigenvalue weighted by molar-refractivity contribution is 9.12. The fourth-order valence-corrected chi connectivity index (χ4v) is 2.96. The van der Waals surface area contributed by atoms with Crippen molar-refractivity contribution in [1.29, 1.82) is 0 Å². The van der Waals surface area contributed by atoms with Crippen LogP contribution in [0.1, 0.15) is 15.9 Å². The number of carbonyl (C=O) groups excluding carboxylic acids is 1.